The first kappa shape index (κ1) is 18.8. The third kappa shape index (κ3) is 4.48. The molecule has 0 spiro atoms. The van der Waals surface area contributed by atoms with Crippen LogP contribution in [0.25, 0.3) is 0 Å². The Morgan fingerprint density at radius 1 is 1.00 bits per heavy atom. The molecule has 3 aromatic rings. The number of hydrogen-bond donors (Lipinski definition) is 0. The molecule has 1 fully saturated rings. The Labute approximate surface area is 165 Å². The van der Waals surface area contributed by atoms with Gasteiger partial charge in [0.05, 0.1) is 12.3 Å². The molecule has 4 rings (SSSR count). The first-order chi connectivity index (χ1) is 13.8. The molecule has 0 aliphatic carbocycles. The highest BCUT2D eigenvalue weighted by atomic mass is 16.3. The van der Waals surface area contributed by atoms with E-state index in [1.807, 2.05) is 16.8 Å². The maximum Gasteiger partial charge on any atom is 0.168 e. The van der Waals surface area contributed by atoms with Gasteiger partial charge in [0.1, 0.15) is 12.3 Å². The summed E-state index contributed by atoms with van der Waals surface area (Å²) in [6, 6.07) is 14.8. The summed E-state index contributed by atoms with van der Waals surface area (Å²) < 4.78 is 7.37. The van der Waals surface area contributed by atoms with Crippen molar-refractivity contribution < 1.29 is 4.42 Å². The van der Waals surface area contributed by atoms with E-state index in [0.29, 0.717) is 6.54 Å². The lowest BCUT2D eigenvalue weighted by molar-refractivity contribution is 0.0819. The van der Waals surface area contributed by atoms with Crippen LogP contribution in [0.4, 0.5) is 0 Å². The quantitative estimate of drug-likeness (QED) is 0.599. The van der Waals surface area contributed by atoms with Crippen molar-refractivity contribution in [2.75, 3.05) is 26.2 Å². The van der Waals surface area contributed by atoms with Gasteiger partial charge in [0.25, 0.3) is 0 Å². The van der Waals surface area contributed by atoms with Gasteiger partial charge >= 0.3 is 0 Å². The molecule has 0 amide bonds. The van der Waals surface area contributed by atoms with Crippen LogP contribution in [0.3, 0.4) is 0 Å². The predicted molar refractivity (Wildman–Crippen MR) is 107 cm³/mol. The second-order valence-corrected chi connectivity index (χ2v) is 7.38. The zero-order chi connectivity index (χ0) is 19.2. The molecule has 1 aromatic carbocycles. The predicted octanol–water partition coefficient (Wildman–Crippen LogP) is 2.97. The van der Waals surface area contributed by atoms with Crippen LogP contribution in [-0.2, 0) is 13.1 Å². The van der Waals surface area contributed by atoms with Gasteiger partial charge in [-0.15, -0.1) is 5.10 Å². The Hall–Kier alpha value is -2.51. The van der Waals surface area contributed by atoms with E-state index < -0.39 is 0 Å². The standard InChI is InChI=1S/C21H28N6O/c1-2-7-20(21-22-23-24-27(21)17-19-10-6-15-28-19)26-13-11-25(12-14-26)16-18-8-4-3-5-9-18/h3-6,8-10,15,20H,2,7,11-14,16-17H2,1H3. The van der Waals surface area contributed by atoms with Crippen LogP contribution in [0.2, 0.25) is 0 Å². The average molecular weight is 380 g/mol. The number of piperazine rings is 1. The molecule has 148 valence electrons. The van der Waals surface area contributed by atoms with Crippen LogP contribution in [-0.4, -0.2) is 56.2 Å². The normalized spacial score (nSPS) is 17.0. The van der Waals surface area contributed by atoms with Crippen molar-refractivity contribution in [2.24, 2.45) is 0 Å². The molecular weight excluding hydrogens is 352 g/mol. The Kier molecular flexibility index (Phi) is 6.14. The molecular formula is C21H28N6O. The van der Waals surface area contributed by atoms with E-state index in [-0.39, 0.29) is 6.04 Å². The first-order valence-corrected chi connectivity index (χ1v) is 10.1. The monoisotopic (exact) mass is 380 g/mol. The van der Waals surface area contributed by atoms with Crippen LogP contribution in [0.5, 0.6) is 0 Å². The SMILES string of the molecule is CCCC(c1nnnn1Cc1ccco1)N1CCN(Cc2ccccc2)CC1. The first-order valence-electron chi connectivity index (χ1n) is 10.1. The zero-order valence-corrected chi connectivity index (χ0v) is 16.4. The topological polar surface area (TPSA) is 63.2 Å². The number of aromatic nitrogens is 4. The van der Waals surface area contributed by atoms with Crippen LogP contribution < -0.4 is 0 Å². The summed E-state index contributed by atoms with van der Waals surface area (Å²) >= 11 is 0. The van der Waals surface area contributed by atoms with Crippen LogP contribution in [0.1, 0.15) is 43.0 Å². The summed E-state index contributed by atoms with van der Waals surface area (Å²) in [5.41, 5.74) is 1.38. The molecule has 1 atom stereocenters. The Morgan fingerprint density at radius 2 is 1.82 bits per heavy atom. The number of benzene rings is 1. The summed E-state index contributed by atoms with van der Waals surface area (Å²) in [6.45, 7) is 8.01. The van der Waals surface area contributed by atoms with E-state index in [1.165, 1.54) is 5.56 Å². The van der Waals surface area contributed by atoms with Crippen molar-refractivity contribution in [3.63, 3.8) is 0 Å². The van der Waals surface area contributed by atoms with Gasteiger partial charge in [-0.3, -0.25) is 9.80 Å². The van der Waals surface area contributed by atoms with E-state index in [1.54, 1.807) is 6.26 Å². The summed E-state index contributed by atoms with van der Waals surface area (Å²) in [4.78, 5) is 5.07. The van der Waals surface area contributed by atoms with Gasteiger partial charge in [-0.05, 0) is 34.5 Å². The van der Waals surface area contributed by atoms with Gasteiger partial charge in [0.15, 0.2) is 5.82 Å². The van der Waals surface area contributed by atoms with Crippen LogP contribution in [0, 0.1) is 0 Å². The zero-order valence-electron chi connectivity index (χ0n) is 16.4. The largest absolute Gasteiger partial charge is 0.467 e. The van der Waals surface area contributed by atoms with E-state index in [0.717, 1.165) is 57.2 Å². The molecule has 1 saturated heterocycles. The van der Waals surface area contributed by atoms with E-state index >= 15 is 0 Å². The van der Waals surface area contributed by atoms with Gasteiger partial charge < -0.3 is 4.42 Å². The minimum absolute atomic E-state index is 0.244. The minimum Gasteiger partial charge on any atom is -0.467 e. The molecule has 7 nitrogen and oxygen atoms in total. The molecule has 3 heterocycles. The molecule has 2 aromatic heterocycles. The average Bonchev–Trinajstić information content (AvgIpc) is 3.40. The second kappa shape index (κ2) is 9.12. The van der Waals surface area contributed by atoms with Crippen molar-refractivity contribution in [1.29, 1.82) is 0 Å². The molecule has 1 aliphatic heterocycles. The highest BCUT2D eigenvalue weighted by molar-refractivity contribution is 5.14. The number of tetrazole rings is 1. The molecule has 0 N–H and O–H groups in total. The van der Waals surface area contributed by atoms with Gasteiger partial charge in [-0.2, -0.15) is 0 Å². The summed E-state index contributed by atoms with van der Waals surface area (Å²) in [7, 11) is 0. The summed E-state index contributed by atoms with van der Waals surface area (Å²) in [6.07, 6.45) is 3.84. The van der Waals surface area contributed by atoms with Crippen LogP contribution >= 0.6 is 0 Å². The van der Waals surface area contributed by atoms with E-state index in [2.05, 4.69) is 62.6 Å². The lowest BCUT2D eigenvalue weighted by atomic mass is 10.1. The third-order valence-electron chi connectivity index (χ3n) is 5.40. The summed E-state index contributed by atoms with van der Waals surface area (Å²) in [5.74, 6) is 1.81. The summed E-state index contributed by atoms with van der Waals surface area (Å²) in [5, 5.41) is 12.6. The maximum atomic E-state index is 5.48. The van der Waals surface area contributed by atoms with Gasteiger partial charge in [0.2, 0.25) is 0 Å². The van der Waals surface area contributed by atoms with Gasteiger partial charge in [-0.25, -0.2) is 4.68 Å². The molecule has 0 saturated carbocycles. The fourth-order valence-corrected chi connectivity index (χ4v) is 3.94. The fourth-order valence-electron chi connectivity index (χ4n) is 3.94. The lowest BCUT2D eigenvalue weighted by Gasteiger charge is -2.38. The number of hydrogen-bond acceptors (Lipinski definition) is 6. The molecule has 0 bridgehead atoms. The highest BCUT2D eigenvalue weighted by Gasteiger charge is 2.28. The Bertz CT molecular complexity index is 824. The second-order valence-electron chi connectivity index (χ2n) is 7.38. The Balaban J connectivity index is 1.41. The van der Waals surface area contributed by atoms with Crippen molar-refractivity contribution >= 4 is 0 Å². The minimum atomic E-state index is 0.244. The van der Waals surface area contributed by atoms with Crippen molar-refractivity contribution in [3.05, 3.63) is 65.9 Å². The van der Waals surface area contributed by atoms with Crippen molar-refractivity contribution in [2.45, 2.75) is 38.9 Å². The van der Waals surface area contributed by atoms with Crippen molar-refractivity contribution in [1.82, 2.24) is 30.0 Å². The van der Waals surface area contributed by atoms with Gasteiger partial charge in [0, 0.05) is 32.7 Å². The maximum absolute atomic E-state index is 5.48. The molecule has 0 radical (unpaired) electrons. The Morgan fingerprint density at radius 3 is 2.54 bits per heavy atom. The van der Waals surface area contributed by atoms with Gasteiger partial charge in [-0.1, -0.05) is 43.7 Å². The molecule has 7 heteroatoms. The van der Waals surface area contributed by atoms with E-state index in [4.69, 9.17) is 4.42 Å². The third-order valence-corrected chi connectivity index (χ3v) is 5.40. The molecule has 1 unspecified atom stereocenters. The lowest BCUT2D eigenvalue weighted by Crippen LogP contribution is -2.47. The smallest absolute Gasteiger partial charge is 0.168 e. The van der Waals surface area contributed by atoms with Crippen LogP contribution in [0.15, 0.2) is 53.1 Å². The van der Waals surface area contributed by atoms with E-state index in [9.17, 15) is 0 Å². The van der Waals surface area contributed by atoms with Crippen molar-refractivity contribution in [3.8, 4) is 0 Å². The number of furan rings is 1. The number of rotatable bonds is 8. The molecule has 28 heavy (non-hydrogen) atoms. The number of nitrogens with zero attached hydrogens (tertiary/aromatic N) is 6. The highest BCUT2D eigenvalue weighted by Crippen LogP contribution is 2.26. The molecule has 1 aliphatic rings. The fraction of sp³-hybridized carbons (Fsp3) is 0.476.